The molecule has 2 aromatic heterocycles. The van der Waals surface area contributed by atoms with Gasteiger partial charge in [0.25, 0.3) is 0 Å². The lowest BCUT2D eigenvalue weighted by Crippen LogP contribution is -2.19. The van der Waals surface area contributed by atoms with Crippen LogP contribution in [-0.4, -0.2) is 20.4 Å². The van der Waals surface area contributed by atoms with Gasteiger partial charge in [0.2, 0.25) is 11.9 Å². The first kappa shape index (κ1) is 19.6. The van der Waals surface area contributed by atoms with Crippen LogP contribution in [0.15, 0.2) is 36.4 Å². The molecule has 0 aliphatic rings. The molecular weight excluding hydrogens is 331 g/mol. The number of amides is 1. The van der Waals surface area contributed by atoms with Crippen LogP contribution in [0.2, 0.25) is 0 Å². The molecule has 0 unspecified atom stereocenters. The van der Waals surface area contributed by atoms with E-state index in [1.54, 1.807) is 12.1 Å². The maximum Gasteiger partial charge on any atom is 0.231 e. The first-order chi connectivity index (χ1) is 11.9. The molecule has 1 amide bonds. The summed E-state index contributed by atoms with van der Waals surface area (Å²) in [6, 6.07) is 9.73. The van der Waals surface area contributed by atoms with Gasteiger partial charge >= 0.3 is 0 Å². The summed E-state index contributed by atoms with van der Waals surface area (Å²) in [4.78, 5) is 21.4. The van der Waals surface area contributed by atoms with Gasteiger partial charge in [0.15, 0.2) is 5.65 Å². The number of carbonyl (C=O) groups excluding carboxylic acids is 1. The van der Waals surface area contributed by atoms with E-state index in [9.17, 15) is 9.18 Å². The summed E-state index contributed by atoms with van der Waals surface area (Å²) in [5, 5.41) is 2.87. The standard InChI is InChI=1S/C19H21FN4O.CH4/c1-12(2)11-24-18-16(9-4-13(3)21-18)22-19(24)23-17(25)10-14-5-7-15(20)8-6-14;/h4-9,12H,10-11H2,1-3H3,(H,22,23,25);1H4. The van der Waals surface area contributed by atoms with Gasteiger partial charge in [-0.25, -0.2) is 14.4 Å². The molecule has 0 aliphatic heterocycles. The molecule has 138 valence electrons. The minimum Gasteiger partial charge on any atom is -0.296 e. The minimum atomic E-state index is -0.315. The lowest BCUT2D eigenvalue weighted by atomic mass is 10.1. The van der Waals surface area contributed by atoms with Crippen LogP contribution in [0.1, 0.15) is 32.5 Å². The van der Waals surface area contributed by atoms with Gasteiger partial charge in [0, 0.05) is 12.2 Å². The van der Waals surface area contributed by atoms with Crippen molar-refractivity contribution >= 4 is 23.0 Å². The van der Waals surface area contributed by atoms with Crippen LogP contribution in [0.3, 0.4) is 0 Å². The summed E-state index contributed by atoms with van der Waals surface area (Å²) in [5.74, 6) is 0.370. The van der Waals surface area contributed by atoms with Crippen molar-refractivity contribution in [3.8, 4) is 0 Å². The number of nitrogens with zero attached hydrogens (tertiary/aromatic N) is 3. The summed E-state index contributed by atoms with van der Waals surface area (Å²) >= 11 is 0. The average Bonchev–Trinajstić information content (AvgIpc) is 2.86. The van der Waals surface area contributed by atoms with Crippen molar-refractivity contribution in [2.75, 3.05) is 5.32 Å². The molecule has 3 aromatic rings. The fourth-order valence-corrected chi connectivity index (χ4v) is 2.69. The van der Waals surface area contributed by atoms with E-state index in [0.717, 1.165) is 22.4 Å². The van der Waals surface area contributed by atoms with Crippen LogP contribution in [0.5, 0.6) is 0 Å². The third kappa shape index (κ3) is 4.45. The number of carbonyl (C=O) groups is 1. The van der Waals surface area contributed by atoms with Crippen molar-refractivity contribution in [1.29, 1.82) is 0 Å². The third-order valence-electron chi connectivity index (χ3n) is 3.81. The molecule has 3 rings (SSSR count). The molecule has 0 aliphatic carbocycles. The topological polar surface area (TPSA) is 59.8 Å². The molecule has 0 atom stereocenters. The Morgan fingerprint density at radius 3 is 2.50 bits per heavy atom. The highest BCUT2D eigenvalue weighted by Gasteiger charge is 2.15. The van der Waals surface area contributed by atoms with E-state index >= 15 is 0 Å². The maximum atomic E-state index is 13.0. The van der Waals surface area contributed by atoms with E-state index in [0.29, 0.717) is 18.4 Å². The molecule has 1 aromatic carbocycles. The lowest BCUT2D eigenvalue weighted by Gasteiger charge is -2.12. The zero-order valence-corrected chi connectivity index (χ0v) is 14.6. The second-order valence-corrected chi connectivity index (χ2v) is 6.59. The van der Waals surface area contributed by atoms with E-state index in [1.807, 2.05) is 23.6 Å². The number of imidazole rings is 1. The summed E-state index contributed by atoms with van der Waals surface area (Å²) < 4.78 is 14.9. The highest BCUT2D eigenvalue weighted by Crippen LogP contribution is 2.20. The van der Waals surface area contributed by atoms with E-state index in [4.69, 9.17) is 0 Å². The molecule has 6 heteroatoms. The number of benzene rings is 1. The Morgan fingerprint density at radius 2 is 1.85 bits per heavy atom. The smallest absolute Gasteiger partial charge is 0.231 e. The molecule has 0 saturated heterocycles. The van der Waals surface area contributed by atoms with Crippen molar-refractivity contribution in [3.05, 3.63) is 53.5 Å². The summed E-state index contributed by atoms with van der Waals surface area (Å²) in [7, 11) is 0. The Kier molecular flexibility index (Phi) is 6.08. The van der Waals surface area contributed by atoms with Crippen molar-refractivity contribution in [3.63, 3.8) is 0 Å². The average molecular weight is 356 g/mol. The van der Waals surface area contributed by atoms with E-state index in [1.165, 1.54) is 12.1 Å². The van der Waals surface area contributed by atoms with Crippen LogP contribution in [0, 0.1) is 18.7 Å². The van der Waals surface area contributed by atoms with Crippen LogP contribution < -0.4 is 5.32 Å². The SMILES string of the molecule is C.Cc1ccc2nc(NC(=O)Cc3ccc(F)cc3)n(CC(C)C)c2n1. The number of halogens is 1. The number of aryl methyl sites for hydroxylation is 1. The lowest BCUT2D eigenvalue weighted by molar-refractivity contribution is -0.115. The number of anilines is 1. The number of hydrogen-bond acceptors (Lipinski definition) is 3. The predicted molar refractivity (Wildman–Crippen MR) is 103 cm³/mol. The Hall–Kier alpha value is -2.76. The molecule has 5 nitrogen and oxygen atoms in total. The Balaban J connectivity index is 0.00000243. The van der Waals surface area contributed by atoms with Gasteiger partial charge < -0.3 is 0 Å². The normalized spacial score (nSPS) is 10.8. The third-order valence-corrected chi connectivity index (χ3v) is 3.81. The molecule has 0 radical (unpaired) electrons. The first-order valence-corrected chi connectivity index (χ1v) is 8.30. The number of rotatable bonds is 5. The summed E-state index contributed by atoms with van der Waals surface area (Å²) in [6.45, 7) is 6.84. The molecule has 0 fully saturated rings. The predicted octanol–water partition coefficient (Wildman–Crippen LogP) is 4.35. The Bertz CT molecular complexity index is 900. The molecule has 2 heterocycles. The van der Waals surface area contributed by atoms with Gasteiger partial charge in [-0.2, -0.15) is 0 Å². The van der Waals surface area contributed by atoms with Crippen molar-refractivity contribution < 1.29 is 9.18 Å². The van der Waals surface area contributed by atoms with Crippen LogP contribution in [0.4, 0.5) is 10.3 Å². The Morgan fingerprint density at radius 1 is 1.15 bits per heavy atom. The quantitative estimate of drug-likeness (QED) is 0.739. The molecule has 0 saturated carbocycles. The van der Waals surface area contributed by atoms with Gasteiger partial charge in [-0.1, -0.05) is 33.4 Å². The maximum absolute atomic E-state index is 13.0. The number of nitrogens with one attached hydrogen (secondary N) is 1. The van der Waals surface area contributed by atoms with Gasteiger partial charge in [-0.05, 0) is 42.7 Å². The van der Waals surface area contributed by atoms with Crippen molar-refractivity contribution in [2.45, 2.75) is 41.2 Å². The van der Waals surface area contributed by atoms with Gasteiger partial charge in [0.05, 0.1) is 6.42 Å². The highest BCUT2D eigenvalue weighted by atomic mass is 19.1. The van der Waals surface area contributed by atoms with Gasteiger partial charge in [0.1, 0.15) is 11.3 Å². The molecule has 0 spiro atoms. The summed E-state index contributed by atoms with van der Waals surface area (Å²) in [6.07, 6.45) is 0.164. The fraction of sp³-hybridized carbons (Fsp3) is 0.350. The van der Waals surface area contributed by atoms with Crippen molar-refractivity contribution in [1.82, 2.24) is 14.5 Å². The monoisotopic (exact) mass is 356 g/mol. The largest absolute Gasteiger partial charge is 0.296 e. The molecule has 1 N–H and O–H groups in total. The van der Waals surface area contributed by atoms with E-state index in [-0.39, 0.29) is 25.6 Å². The highest BCUT2D eigenvalue weighted by molar-refractivity contribution is 5.92. The molecule has 26 heavy (non-hydrogen) atoms. The summed E-state index contributed by atoms with van der Waals surface area (Å²) in [5.41, 5.74) is 3.18. The van der Waals surface area contributed by atoms with E-state index in [2.05, 4.69) is 29.1 Å². The molecule has 0 bridgehead atoms. The second-order valence-electron chi connectivity index (χ2n) is 6.59. The van der Waals surface area contributed by atoms with Crippen LogP contribution >= 0.6 is 0 Å². The molecular formula is C20H25FN4O. The van der Waals surface area contributed by atoms with Crippen LogP contribution in [-0.2, 0) is 17.8 Å². The fourth-order valence-electron chi connectivity index (χ4n) is 2.69. The Labute approximate surface area is 153 Å². The number of pyridine rings is 1. The zero-order chi connectivity index (χ0) is 18.0. The number of hydrogen-bond donors (Lipinski definition) is 1. The zero-order valence-electron chi connectivity index (χ0n) is 14.6. The second kappa shape index (κ2) is 8.08. The van der Waals surface area contributed by atoms with Gasteiger partial charge in [-0.15, -0.1) is 0 Å². The van der Waals surface area contributed by atoms with Crippen molar-refractivity contribution in [2.24, 2.45) is 5.92 Å². The van der Waals surface area contributed by atoms with Crippen LogP contribution in [0.25, 0.3) is 11.2 Å². The van der Waals surface area contributed by atoms with Gasteiger partial charge in [-0.3, -0.25) is 14.7 Å². The van der Waals surface area contributed by atoms with E-state index < -0.39 is 0 Å². The minimum absolute atomic E-state index is 0. The first-order valence-electron chi connectivity index (χ1n) is 8.30. The number of fused-ring (bicyclic) bond motifs is 1. The number of aromatic nitrogens is 3.